The van der Waals surface area contributed by atoms with Crippen LogP contribution in [0.5, 0.6) is 0 Å². The molecule has 2 N–H and O–H groups in total. The van der Waals surface area contributed by atoms with Crippen LogP contribution >= 0.6 is 0 Å². The molecule has 0 bridgehead atoms. The van der Waals surface area contributed by atoms with Crippen molar-refractivity contribution in [2.45, 2.75) is 0 Å². The van der Waals surface area contributed by atoms with Crippen molar-refractivity contribution in [3.05, 3.63) is 0 Å². The molecule has 0 saturated carbocycles. The number of hydrogen-bond donors (Lipinski definition) is 2. The summed E-state index contributed by atoms with van der Waals surface area (Å²) in [5, 5.41) is 0. The quantitative estimate of drug-likeness (QED) is 0.221. The Morgan fingerprint density at radius 3 is 1.44 bits per heavy atom. The third-order valence-electron chi connectivity index (χ3n) is 0.180. The van der Waals surface area contributed by atoms with Gasteiger partial charge in [-0.2, -0.15) is 8.42 Å². The second-order valence-electron chi connectivity index (χ2n) is 0.645. The third-order valence-corrected chi connectivity index (χ3v) is 1.62. The van der Waals surface area contributed by atoms with Gasteiger partial charge in [0.1, 0.15) is 0 Å². The predicted octanol–water partition coefficient (Wildman–Crippen LogP) is -2.55. The van der Waals surface area contributed by atoms with Crippen LogP contribution in [0.1, 0.15) is 0 Å². The molecule has 0 aromatic rings. The van der Waals surface area contributed by atoms with Crippen molar-refractivity contribution in [2.75, 3.05) is 0 Å². The van der Waals surface area contributed by atoms with Crippen molar-refractivity contribution >= 4 is 97.9 Å². The maximum absolute atomic E-state index is 9.34. The molecule has 0 aromatic carbocycles. The van der Waals surface area contributed by atoms with Gasteiger partial charge in [0.15, 0.2) is 0 Å². The molecule has 1 unspecified atom stereocenters. The fraction of sp³-hybridized carbons (Fsp3) is 0. The van der Waals surface area contributed by atoms with Gasteiger partial charge in [0.05, 0.1) is 0 Å². The van der Waals surface area contributed by atoms with Crippen molar-refractivity contribution in [1.82, 2.24) is 0 Å². The van der Waals surface area contributed by atoms with E-state index in [1.165, 1.54) is 0 Å². The van der Waals surface area contributed by atoms with E-state index in [1.54, 1.807) is 0 Å². The first-order chi connectivity index (χ1) is 2.94. The predicted molar refractivity (Wildman–Crippen MR) is 38.0 cm³/mol. The molecule has 0 rings (SSSR count). The second-order valence-corrected chi connectivity index (χ2v) is 4.05. The van der Waals surface area contributed by atoms with Crippen LogP contribution in [-0.2, 0) is 19.3 Å². The zero-order valence-electron chi connectivity index (χ0n) is 3.64. The molecule has 0 aliphatic heterocycles. The topological polar surface area (TPSA) is 91.7 Å². The van der Waals surface area contributed by atoms with Gasteiger partial charge in [-0.15, -0.1) is 0 Å². The average molecular weight is 395 g/mol. The van der Waals surface area contributed by atoms with Gasteiger partial charge in [0.25, 0.3) is 0 Å². The van der Waals surface area contributed by atoms with Crippen molar-refractivity contribution in [3.63, 3.8) is 0 Å². The van der Waals surface area contributed by atoms with Crippen LogP contribution in [0.15, 0.2) is 0 Å². The zero-order valence-corrected chi connectivity index (χ0v) is 10.8. The summed E-state index contributed by atoms with van der Waals surface area (Å²) in [6.45, 7) is 0. The molecular weight excluding hydrogens is 390 g/mol. The van der Waals surface area contributed by atoms with Crippen LogP contribution in [0.3, 0.4) is 0 Å². The normalized spacial score (nSPS) is 12.7. The Morgan fingerprint density at radius 1 is 1.33 bits per heavy atom. The Morgan fingerprint density at radius 2 is 1.44 bits per heavy atom. The summed E-state index contributed by atoms with van der Waals surface area (Å²) in [5.74, 6) is 0. The van der Waals surface area contributed by atoms with Gasteiger partial charge in [0.2, 0.25) is 0 Å². The first-order valence-corrected chi connectivity index (χ1v) is 4.10. The van der Waals surface area contributed by atoms with Crippen LogP contribution in [0, 0.1) is 0 Å². The number of hydrogen-bond acceptors (Lipinski definition) is 3. The van der Waals surface area contributed by atoms with E-state index in [1.807, 2.05) is 0 Å². The molecule has 2 radical (unpaired) electrons. The molecule has 52 valence electrons. The molecule has 1 atom stereocenters. The molecule has 9 heteroatoms. The summed E-state index contributed by atoms with van der Waals surface area (Å²) < 4.78 is 43.0. The fourth-order valence-electron chi connectivity index (χ4n) is 0. The van der Waals surface area contributed by atoms with E-state index in [0.717, 1.165) is 0 Å². The van der Waals surface area contributed by atoms with E-state index >= 15 is 0 Å². The van der Waals surface area contributed by atoms with Gasteiger partial charge in [-0.3, -0.25) is 9.11 Å². The van der Waals surface area contributed by atoms with Crippen LogP contribution in [-0.4, -0.2) is 100 Å². The second kappa shape index (κ2) is 7.24. The van der Waals surface area contributed by atoms with E-state index < -0.39 is 19.3 Å². The van der Waals surface area contributed by atoms with Gasteiger partial charge in [-0.05, 0) is 0 Å². The van der Waals surface area contributed by atoms with Crippen molar-refractivity contribution < 1.29 is 21.7 Å². The molecule has 0 aliphatic rings. The SMILES string of the molecule is O=S(O)S(=O)(=O)O.[KH].[PbH2]. The Labute approximate surface area is 117 Å². The molecule has 0 fully saturated rings. The van der Waals surface area contributed by atoms with Crippen molar-refractivity contribution in [1.29, 1.82) is 0 Å². The minimum absolute atomic E-state index is 0. The van der Waals surface area contributed by atoms with E-state index in [2.05, 4.69) is 0 Å². The molecule has 0 saturated heterocycles. The van der Waals surface area contributed by atoms with Gasteiger partial charge in [-0.1, -0.05) is 0 Å². The van der Waals surface area contributed by atoms with Gasteiger partial charge >= 0.3 is 97.9 Å². The molecule has 9 heavy (non-hydrogen) atoms. The van der Waals surface area contributed by atoms with Gasteiger partial charge in [-0.25, -0.2) is 4.21 Å². The van der Waals surface area contributed by atoms with Crippen LogP contribution in [0.2, 0.25) is 0 Å². The summed E-state index contributed by atoms with van der Waals surface area (Å²) in [4.78, 5) is 0. The average Bonchev–Trinajstić information content (AvgIpc) is 1.31. The van der Waals surface area contributed by atoms with Crippen molar-refractivity contribution in [2.24, 2.45) is 0 Å². The van der Waals surface area contributed by atoms with E-state index in [-0.39, 0.29) is 78.7 Å². The zero-order chi connectivity index (χ0) is 6.08. The molecule has 0 spiro atoms. The Kier molecular flexibility index (Phi) is 14.2. The Hall–Kier alpha value is 2.58. The molecule has 0 heterocycles. The summed E-state index contributed by atoms with van der Waals surface area (Å²) in [6.07, 6.45) is 0. The molecule has 0 amide bonds. The summed E-state index contributed by atoms with van der Waals surface area (Å²) >= 11 is 0. The monoisotopic (exact) mass is 396 g/mol. The first-order valence-electron chi connectivity index (χ1n) is 1.03. The molecule has 5 nitrogen and oxygen atoms in total. The van der Waals surface area contributed by atoms with Crippen LogP contribution < -0.4 is 0 Å². The Balaban J connectivity index is -0.000000180. The summed E-state index contributed by atoms with van der Waals surface area (Å²) in [5.41, 5.74) is 0. The van der Waals surface area contributed by atoms with Crippen LogP contribution in [0.4, 0.5) is 0 Å². The van der Waals surface area contributed by atoms with E-state index in [9.17, 15) is 12.6 Å². The molecule has 0 aromatic heterocycles. The van der Waals surface area contributed by atoms with Crippen LogP contribution in [0.25, 0.3) is 0 Å². The van der Waals surface area contributed by atoms with E-state index in [0.29, 0.717) is 0 Å². The summed E-state index contributed by atoms with van der Waals surface area (Å²) in [7, 11) is -7.87. The fourth-order valence-corrected chi connectivity index (χ4v) is 0. The minimum atomic E-state index is -4.71. The molecular formula is H5KO5PbS2. The van der Waals surface area contributed by atoms with Crippen molar-refractivity contribution in [3.8, 4) is 0 Å². The number of rotatable bonds is 1. The van der Waals surface area contributed by atoms with E-state index in [4.69, 9.17) is 9.11 Å². The standard InChI is InChI=1S/K.H2O5S2.Pb.3H/c;1-6(2)7(3,4)5;;;;/h;(H,1,2)(H,3,4,5);;;;. The van der Waals surface area contributed by atoms with Gasteiger partial charge < -0.3 is 0 Å². The molecule has 0 aliphatic carbocycles. The first kappa shape index (κ1) is 17.6. The Bertz CT molecular complexity index is 169. The maximum atomic E-state index is 9.34. The third kappa shape index (κ3) is 10.6. The van der Waals surface area contributed by atoms with Gasteiger partial charge in [0, 0.05) is 0 Å². The summed E-state index contributed by atoms with van der Waals surface area (Å²) in [6, 6.07) is 0.